The van der Waals surface area contributed by atoms with Gasteiger partial charge in [0.05, 0.1) is 5.39 Å². The standard InChI is InChI=1S/C15H13N3O2S.ClH/c1-8-9(2)21-15-13(8)14(16-6-17-15)18-10-3-4-11-12(5-10)20-7-19-11;/h3-6H,7H2,1-2H3,(H,16,17,18);1H. The second kappa shape index (κ2) is 5.62. The summed E-state index contributed by atoms with van der Waals surface area (Å²) in [7, 11) is 0. The van der Waals surface area contributed by atoms with Crippen LogP contribution in [0, 0.1) is 13.8 Å². The van der Waals surface area contributed by atoms with Crippen LogP contribution in [0.15, 0.2) is 24.5 Å². The molecule has 4 rings (SSSR count). The molecule has 0 saturated carbocycles. The highest BCUT2D eigenvalue weighted by Gasteiger charge is 2.15. The Labute approximate surface area is 137 Å². The summed E-state index contributed by atoms with van der Waals surface area (Å²) in [6.45, 7) is 4.48. The van der Waals surface area contributed by atoms with Crippen molar-refractivity contribution in [3.63, 3.8) is 0 Å². The van der Waals surface area contributed by atoms with E-state index in [0.29, 0.717) is 0 Å². The van der Waals surface area contributed by atoms with E-state index >= 15 is 0 Å². The highest BCUT2D eigenvalue weighted by molar-refractivity contribution is 7.18. The number of thiophene rings is 1. The largest absolute Gasteiger partial charge is 0.454 e. The molecule has 0 aliphatic carbocycles. The molecule has 22 heavy (non-hydrogen) atoms. The molecule has 0 saturated heterocycles. The fourth-order valence-corrected chi connectivity index (χ4v) is 3.39. The van der Waals surface area contributed by atoms with Crippen molar-refractivity contribution >= 4 is 45.5 Å². The lowest BCUT2D eigenvalue weighted by molar-refractivity contribution is 0.174. The van der Waals surface area contributed by atoms with Gasteiger partial charge in [0.2, 0.25) is 6.79 Å². The van der Waals surface area contributed by atoms with E-state index in [0.717, 1.165) is 33.2 Å². The number of benzene rings is 1. The first kappa shape index (κ1) is 14.9. The van der Waals surface area contributed by atoms with E-state index in [1.165, 1.54) is 10.4 Å². The molecule has 0 spiro atoms. The van der Waals surface area contributed by atoms with Crippen LogP contribution in [0.25, 0.3) is 10.2 Å². The molecule has 2 aromatic heterocycles. The van der Waals surface area contributed by atoms with Gasteiger partial charge in [0.1, 0.15) is 17.0 Å². The zero-order valence-corrected chi connectivity index (χ0v) is 13.7. The van der Waals surface area contributed by atoms with E-state index in [2.05, 4.69) is 29.1 Å². The highest BCUT2D eigenvalue weighted by atomic mass is 35.5. The Bertz CT molecular complexity index is 850. The molecule has 0 unspecified atom stereocenters. The van der Waals surface area contributed by atoms with Gasteiger partial charge in [0, 0.05) is 16.6 Å². The topological polar surface area (TPSA) is 56.3 Å². The fourth-order valence-electron chi connectivity index (χ4n) is 2.39. The van der Waals surface area contributed by atoms with E-state index in [4.69, 9.17) is 9.47 Å². The lowest BCUT2D eigenvalue weighted by Gasteiger charge is -2.08. The molecule has 1 N–H and O–H groups in total. The van der Waals surface area contributed by atoms with E-state index in [-0.39, 0.29) is 19.2 Å². The van der Waals surface area contributed by atoms with Crippen molar-refractivity contribution < 1.29 is 9.47 Å². The van der Waals surface area contributed by atoms with Crippen molar-refractivity contribution in [2.75, 3.05) is 12.1 Å². The maximum absolute atomic E-state index is 5.40. The van der Waals surface area contributed by atoms with Gasteiger partial charge in [-0.3, -0.25) is 0 Å². The van der Waals surface area contributed by atoms with Crippen LogP contribution in [0.2, 0.25) is 0 Å². The van der Waals surface area contributed by atoms with Gasteiger partial charge < -0.3 is 14.8 Å². The van der Waals surface area contributed by atoms with E-state index in [9.17, 15) is 0 Å². The lowest BCUT2D eigenvalue weighted by atomic mass is 10.2. The Morgan fingerprint density at radius 1 is 1.14 bits per heavy atom. The number of halogens is 1. The summed E-state index contributed by atoms with van der Waals surface area (Å²) >= 11 is 1.69. The molecule has 0 amide bonds. The minimum atomic E-state index is 0. The summed E-state index contributed by atoms with van der Waals surface area (Å²) in [4.78, 5) is 11.0. The molecule has 0 radical (unpaired) electrons. The number of fused-ring (bicyclic) bond motifs is 2. The Morgan fingerprint density at radius 3 is 2.82 bits per heavy atom. The molecule has 1 aliphatic rings. The van der Waals surface area contributed by atoms with Crippen LogP contribution < -0.4 is 14.8 Å². The maximum atomic E-state index is 5.40. The average Bonchev–Trinajstić information content (AvgIpc) is 3.04. The zero-order chi connectivity index (χ0) is 14.4. The van der Waals surface area contributed by atoms with Gasteiger partial charge in [-0.05, 0) is 31.5 Å². The van der Waals surface area contributed by atoms with Crippen LogP contribution in [0.3, 0.4) is 0 Å². The summed E-state index contributed by atoms with van der Waals surface area (Å²) in [6, 6.07) is 5.77. The van der Waals surface area contributed by atoms with Crippen LogP contribution in [0.5, 0.6) is 11.5 Å². The van der Waals surface area contributed by atoms with Crippen molar-refractivity contribution in [2.24, 2.45) is 0 Å². The van der Waals surface area contributed by atoms with E-state index in [1.54, 1.807) is 17.7 Å². The second-order valence-electron chi connectivity index (χ2n) is 4.88. The van der Waals surface area contributed by atoms with Crippen LogP contribution in [0.4, 0.5) is 11.5 Å². The van der Waals surface area contributed by atoms with Gasteiger partial charge in [0.25, 0.3) is 0 Å². The van der Waals surface area contributed by atoms with Crippen LogP contribution in [-0.2, 0) is 0 Å². The number of anilines is 2. The molecule has 7 heteroatoms. The zero-order valence-electron chi connectivity index (χ0n) is 12.0. The van der Waals surface area contributed by atoms with Gasteiger partial charge in [-0.2, -0.15) is 0 Å². The van der Waals surface area contributed by atoms with Gasteiger partial charge in [-0.25, -0.2) is 9.97 Å². The molecule has 0 atom stereocenters. The first-order valence-electron chi connectivity index (χ1n) is 6.60. The first-order valence-corrected chi connectivity index (χ1v) is 7.41. The first-order chi connectivity index (χ1) is 10.2. The maximum Gasteiger partial charge on any atom is 0.231 e. The number of ether oxygens (including phenoxy) is 2. The number of rotatable bonds is 2. The van der Waals surface area contributed by atoms with Crippen molar-refractivity contribution in [3.05, 3.63) is 35.0 Å². The predicted octanol–water partition coefficient (Wildman–Crippen LogP) is 4.20. The molecule has 0 bridgehead atoms. The summed E-state index contributed by atoms with van der Waals surface area (Å²) in [6.07, 6.45) is 1.59. The molecular formula is C15H14ClN3O2S. The average molecular weight is 336 g/mol. The third kappa shape index (κ3) is 2.34. The van der Waals surface area contributed by atoms with Crippen LogP contribution in [0.1, 0.15) is 10.4 Å². The summed E-state index contributed by atoms with van der Waals surface area (Å²) in [5, 5.41) is 4.43. The highest BCUT2D eigenvalue weighted by Crippen LogP contribution is 2.37. The van der Waals surface area contributed by atoms with Crippen LogP contribution in [-0.4, -0.2) is 16.8 Å². The summed E-state index contributed by atoms with van der Waals surface area (Å²) in [5.41, 5.74) is 2.14. The Kier molecular flexibility index (Phi) is 3.80. The minimum Gasteiger partial charge on any atom is -0.454 e. The third-order valence-corrected chi connectivity index (χ3v) is 4.72. The quantitative estimate of drug-likeness (QED) is 0.760. The molecule has 114 valence electrons. The fraction of sp³-hybridized carbons (Fsp3) is 0.200. The minimum absolute atomic E-state index is 0. The third-order valence-electron chi connectivity index (χ3n) is 3.60. The molecule has 3 aromatic rings. The second-order valence-corrected chi connectivity index (χ2v) is 6.08. The van der Waals surface area contributed by atoms with Crippen molar-refractivity contribution in [1.29, 1.82) is 0 Å². The molecule has 5 nitrogen and oxygen atoms in total. The number of hydrogen-bond acceptors (Lipinski definition) is 6. The number of nitrogens with one attached hydrogen (secondary N) is 1. The predicted molar refractivity (Wildman–Crippen MR) is 90.0 cm³/mol. The Balaban J connectivity index is 0.00000144. The van der Waals surface area contributed by atoms with Gasteiger partial charge in [-0.1, -0.05) is 0 Å². The molecule has 3 heterocycles. The van der Waals surface area contributed by atoms with E-state index in [1.807, 2.05) is 18.2 Å². The number of aryl methyl sites for hydroxylation is 2. The summed E-state index contributed by atoms with van der Waals surface area (Å²) in [5.74, 6) is 2.35. The van der Waals surface area contributed by atoms with Gasteiger partial charge in [0.15, 0.2) is 11.5 Å². The number of nitrogens with zero attached hydrogens (tertiary/aromatic N) is 2. The van der Waals surface area contributed by atoms with E-state index < -0.39 is 0 Å². The Hall–Kier alpha value is -2.05. The smallest absolute Gasteiger partial charge is 0.231 e. The van der Waals surface area contributed by atoms with Gasteiger partial charge in [-0.15, -0.1) is 23.7 Å². The lowest BCUT2D eigenvalue weighted by Crippen LogP contribution is -1.95. The van der Waals surface area contributed by atoms with Gasteiger partial charge >= 0.3 is 0 Å². The number of aromatic nitrogens is 2. The van der Waals surface area contributed by atoms with Crippen molar-refractivity contribution in [3.8, 4) is 11.5 Å². The molecule has 1 aromatic carbocycles. The molecular weight excluding hydrogens is 322 g/mol. The Morgan fingerprint density at radius 2 is 1.95 bits per heavy atom. The monoisotopic (exact) mass is 335 g/mol. The normalized spacial score (nSPS) is 12.3. The van der Waals surface area contributed by atoms with Crippen molar-refractivity contribution in [1.82, 2.24) is 9.97 Å². The molecule has 0 fully saturated rings. The SMILES string of the molecule is Cc1sc2ncnc(Nc3ccc4c(c3)OCO4)c2c1C.Cl. The van der Waals surface area contributed by atoms with Crippen LogP contribution >= 0.6 is 23.7 Å². The molecule has 1 aliphatic heterocycles. The number of hydrogen-bond donors (Lipinski definition) is 1. The summed E-state index contributed by atoms with van der Waals surface area (Å²) < 4.78 is 10.7. The van der Waals surface area contributed by atoms with Crippen molar-refractivity contribution in [2.45, 2.75) is 13.8 Å².